The summed E-state index contributed by atoms with van der Waals surface area (Å²) in [7, 11) is 0. The SMILES string of the molecule is CC(C)=CCC/C(C)=C/CC/C(C)=C/CC/C=C(\C)CC/C=C(\C)CCC=C(C)C.CC(C)CCC[C@@H](C)[C@H]1CC[C@H]2[C@@H]3CC=C4C[C@@H](O)CC[C@]4(C)[C@H]3CC[C@]12C. The van der Waals surface area contributed by atoms with E-state index in [1.165, 1.54) is 155 Å². The van der Waals surface area contributed by atoms with Crippen LogP contribution in [0.3, 0.4) is 0 Å². The van der Waals surface area contributed by atoms with Crippen molar-refractivity contribution < 1.29 is 5.11 Å². The summed E-state index contributed by atoms with van der Waals surface area (Å²) < 4.78 is 0. The summed E-state index contributed by atoms with van der Waals surface area (Å²) in [5, 5.41) is 10.2. The van der Waals surface area contributed by atoms with Crippen LogP contribution in [0.25, 0.3) is 0 Å². The third kappa shape index (κ3) is 16.2. The van der Waals surface area contributed by atoms with Gasteiger partial charge in [-0.3, -0.25) is 0 Å². The van der Waals surface area contributed by atoms with Crippen molar-refractivity contribution in [3.63, 3.8) is 0 Å². The Kier molecular flexibility index (Phi) is 21.9. The summed E-state index contributed by atoms with van der Waals surface area (Å²) >= 11 is 0. The van der Waals surface area contributed by atoms with Crippen LogP contribution in [0.4, 0.5) is 0 Å². The highest BCUT2D eigenvalue weighted by Crippen LogP contribution is 2.67. The third-order valence-electron chi connectivity index (χ3n) is 15.7. The van der Waals surface area contributed by atoms with Crippen molar-refractivity contribution in [1.82, 2.24) is 0 Å². The van der Waals surface area contributed by atoms with Crippen LogP contribution in [0, 0.1) is 46.3 Å². The molecule has 1 heteroatoms. The Morgan fingerprint density at radius 3 is 1.62 bits per heavy atom. The molecule has 0 heterocycles. The average molecular weight is 797 g/mol. The molecule has 1 nitrogen and oxygen atoms in total. The Morgan fingerprint density at radius 2 is 1.12 bits per heavy atom. The van der Waals surface area contributed by atoms with E-state index in [2.05, 4.69) is 133 Å². The summed E-state index contributed by atoms with van der Waals surface area (Å²) in [6.07, 6.45) is 43.4. The van der Waals surface area contributed by atoms with Gasteiger partial charge < -0.3 is 5.11 Å². The average Bonchev–Trinajstić information content (AvgIpc) is 3.51. The lowest BCUT2D eigenvalue weighted by Crippen LogP contribution is -2.50. The van der Waals surface area contributed by atoms with Gasteiger partial charge in [-0.2, -0.15) is 0 Å². The second-order valence-electron chi connectivity index (χ2n) is 21.7. The lowest BCUT2D eigenvalue weighted by molar-refractivity contribution is -0.0573. The number of fused-ring (bicyclic) bond motifs is 5. The largest absolute Gasteiger partial charge is 0.393 e. The van der Waals surface area contributed by atoms with Crippen molar-refractivity contribution in [2.24, 2.45) is 46.3 Å². The lowest BCUT2D eigenvalue weighted by atomic mass is 9.47. The Labute approximate surface area is 362 Å². The van der Waals surface area contributed by atoms with Crippen molar-refractivity contribution in [3.05, 3.63) is 81.5 Å². The van der Waals surface area contributed by atoms with E-state index in [0.29, 0.717) is 10.8 Å². The first-order chi connectivity index (χ1) is 27.5. The molecule has 8 atom stereocenters. The van der Waals surface area contributed by atoms with Crippen LogP contribution in [0.1, 0.15) is 225 Å². The van der Waals surface area contributed by atoms with Crippen molar-refractivity contribution >= 4 is 0 Å². The van der Waals surface area contributed by atoms with Crippen LogP contribution in [-0.2, 0) is 0 Å². The first-order valence-corrected chi connectivity index (χ1v) is 24.7. The Bertz CT molecular complexity index is 1390. The number of aliphatic hydroxyl groups is 1. The van der Waals surface area contributed by atoms with E-state index >= 15 is 0 Å². The standard InChI is InChI=1S/C30H50.C27H46O/c1-25(2)15-11-19-29(7)23-13-21-27(5)17-9-10-18-28(6)22-14-24-30(8)20-12-16-26(3)4;1-18(2)7-6-8-19(3)23-11-12-24-22-10-9-20-17-21(28)13-15-26(20,4)25(22)14-16-27(23,24)5/h15-18,23-24H,9-14,19-22H2,1-8H3;9,18-19,21-25,28H,6-8,10-17H2,1-5H3/b27-17+,28-18+,29-23+,30-24+;/t;19-,21+,22+,23-,24+,25+,26+,27-/m.1/s1. The fourth-order valence-electron chi connectivity index (χ4n) is 12.0. The van der Waals surface area contributed by atoms with Gasteiger partial charge in [0.2, 0.25) is 0 Å². The number of unbranched alkanes of at least 4 members (excludes halogenated alkanes) is 1. The minimum atomic E-state index is -0.0766. The molecule has 3 saturated carbocycles. The van der Waals surface area contributed by atoms with Crippen molar-refractivity contribution in [3.8, 4) is 0 Å². The minimum absolute atomic E-state index is 0.0766. The fraction of sp³-hybridized carbons (Fsp3) is 0.754. The molecule has 0 amide bonds. The molecule has 0 aromatic rings. The lowest BCUT2D eigenvalue weighted by Gasteiger charge is -2.58. The first-order valence-electron chi connectivity index (χ1n) is 24.7. The molecule has 0 aliphatic heterocycles. The first kappa shape index (κ1) is 50.5. The monoisotopic (exact) mass is 797 g/mol. The summed E-state index contributed by atoms with van der Waals surface area (Å²) in [5.41, 5.74) is 11.6. The van der Waals surface area contributed by atoms with Crippen LogP contribution in [0.2, 0.25) is 0 Å². The van der Waals surface area contributed by atoms with Crippen molar-refractivity contribution in [2.75, 3.05) is 0 Å². The van der Waals surface area contributed by atoms with E-state index in [9.17, 15) is 5.11 Å². The normalized spacial score (nSPS) is 29.4. The summed E-state index contributed by atoms with van der Waals surface area (Å²) in [6.45, 7) is 30.4. The highest BCUT2D eigenvalue weighted by molar-refractivity contribution is 5.25. The molecule has 0 radical (unpaired) electrons. The molecule has 4 aliphatic rings. The van der Waals surface area contributed by atoms with Gasteiger partial charge in [0, 0.05) is 0 Å². The van der Waals surface area contributed by atoms with Crippen LogP contribution in [0.5, 0.6) is 0 Å². The van der Waals surface area contributed by atoms with Gasteiger partial charge in [-0.25, -0.2) is 0 Å². The molecular formula is C57H96O. The molecule has 0 spiro atoms. The summed E-state index contributed by atoms with van der Waals surface area (Å²) in [5.74, 6) is 5.46. The molecule has 330 valence electrons. The molecule has 4 aliphatic carbocycles. The minimum Gasteiger partial charge on any atom is -0.393 e. The molecule has 0 aromatic carbocycles. The molecule has 3 fully saturated rings. The zero-order chi connectivity index (χ0) is 42.9. The predicted octanol–water partition coefficient (Wildman–Crippen LogP) is 18.0. The smallest absolute Gasteiger partial charge is 0.0577 e. The number of allylic oxidation sites excluding steroid dienone is 13. The van der Waals surface area contributed by atoms with Gasteiger partial charge >= 0.3 is 0 Å². The third-order valence-corrected chi connectivity index (χ3v) is 15.7. The van der Waals surface area contributed by atoms with E-state index in [0.717, 1.165) is 48.3 Å². The van der Waals surface area contributed by atoms with E-state index in [-0.39, 0.29) is 6.10 Å². The predicted molar refractivity (Wildman–Crippen MR) is 259 cm³/mol. The van der Waals surface area contributed by atoms with Gasteiger partial charge in [0.1, 0.15) is 0 Å². The Morgan fingerprint density at radius 1 is 0.621 bits per heavy atom. The highest BCUT2D eigenvalue weighted by atomic mass is 16.3. The second kappa shape index (κ2) is 25.2. The Balaban J connectivity index is 0.000000310. The van der Waals surface area contributed by atoms with E-state index in [4.69, 9.17) is 0 Å². The van der Waals surface area contributed by atoms with Gasteiger partial charge in [0.15, 0.2) is 0 Å². The van der Waals surface area contributed by atoms with Gasteiger partial charge in [0.25, 0.3) is 0 Å². The quantitative estimate of drug-likeness (QED) is 0.0961. The maximum atomic E-state index is 10.2. The summed E-state index contributed by atoms with van der Waals surface area (Å²) in [6, 6.07) is 0. The molecular weight excluding hydrogens is 701 g/mol. The van der Waals surface area contributed by atoms with Crippen LogP contribution in [0.15, 0.2) is 81.5 Å². The highest BCUT2D eigenvalue weighted by Gasteiger charge is 2.59. The number of rotatable bonds is 20. The zero-order valence-corrected chi connectivity index (χ0v) is 40.9. The molecule has 0 aromatic heterocycles. The van der Waals surface area contributed by atoms with Gasteiger partial charge in [0.05, 0.1) is 6.10 Å². The van der Waals surface area contributed by atoms with Crippen LogP contribution in [-0.4, -0.2) is 11.2 Å². The van der Waals surface area contributed by atoms with Crippen molar-refractivity contribution in [2.45, 2.75) is 231 Å². The van der Waals surface area contributed by atoms with E-state index < -0.39 is 0 Å². The number of hydrogen-bond donors (Lipinski definition) is 1. The van der Waals surface area contributed by atoms with Crippen LogP contribution < -0.4 is 0 Å². The van der Waals surface area contributed by atoms with Gasteiger partial charge in [-0.1, -0.05) is 135 Å². The summed E-state index contributed by atoms with van der Waals surface area (Å²) in [4.78, 5) is 0. The van der Waals surface area contributed by atoms with E-state index in [1.807, 2.05) is 0 Å². The van der Waals surface area contributed by atoms with E-state index in [1.54, 1.807) is 5.57 Å². The van der Waals surface area contributed by atoms with Crippen molar-refractivity contribution in [1.29, 1.82) is 0 Å². The maximum absolute atomic E-state index is 10.2. The fourth-order valence-corrected chi connectivity index (χ4v) is 12.0. The molecule has 0 saturated heterocycles. The number of hydrogen-bond acceptors (Lipinski definition) is 1. The zero-order valence-electron chi connectivity index (χ0n) is 40.9. The molecule has 58 heavy (non-hydrogen) atoms. The maximum Gasteiger partial charge on any atom is 0.0577 e. The molecule has 0 unspecified atom stereocenters. The Hall–Kier alpha value is -1.86. The second-order valence-corrected chi connectivity index (χ2v) is 21.7. The van der Waals surface area contributed by atoms with Gasteiger partial charge in [-0.05, 0) is 217 Å². The molecule has 0 bridgehead atoms. The van der Waals surface area contributed by atoms with Gasteiger partial charge in [-0.15, -0.1) is 0 Å². The van der Waals surface area contributed by atoms with Crippen LogP contribution >= 0.6 is 0 Å². The number of aliphatic hydroxyl groups excluding tert-OH is 1. The topological polar surface area (TPSA) is 20.2 Å². The molecule has 4 rings (SSSR count). The molecule has 1 N–H and O–H groups in total.